The number of halogens is 1. The van der Waals surface area contributed by atoms with Crippen molar-refractivity contribution < 1.29 is 14.3 Å². The number of rotatable bonds is 6. The second-order valence-electron chi connectivity index (χ2n) is 4.83. The maximum atomic E-state index is 12.1. The quantitative estimate of drug-likeness (QED) is 0.590. The first kappa shape index (κ1) is 15.0. The lowest BCUT2D eigenvalue weighted by Gasteiger charge is -2.19. The Bertz CT molecular complexity index is 463. The zero-order valence-corrected chi connectivity index (χ0v) is 12.8. The summed E-state index contributed by atoms with van der Waals surface area (Å²) >= 11 is 3.33. The van der Waals surface area contributed by atoms with Crippen LogP contribution in [-0.2, 0) is 16.0 Å². The van der Waals surface area contributed by atoms with Gasteiger partial charge >= 0.3 is 6.09 Å². The summed E-state index contributed by atoms with van der Waals surface area (Å²) in [6.45, 7) is 0.290. The summed E-state index contributed by atoms with van der Waals surface area (Å²) in [6.07, 6.45) is 2.25. The van der Waals surface area contributed by atoms with Crippen molar-refractivity contribution in [3.05, 3.63) is 35.9 Å². The molecule has 1 atom stereocenters. The first-order valence-electron chi connectivity index (χ1n) is 6.81. The third kappa shape index (κ3) is 3.82. The van der Waals surface area contributed by atoms with E-state index >= 15 is 0 Å². The molecule has 1 aliphatic heterocycles. The predicted octanol–water partition coefficient (Wildman–Crippen LogP) is 3.14. The van der Waals surface area contributed by atoms with E-state index in [1.165, 1.54) is 4.90 Å². The third-order valence-electron chi connectivity index (χ3n) is 3.32. The van der Waals surface area contributed by atoms with Gasteiger partial charge in [-0.1, -0.05) is 46.3 Å². The number of imide groups is 1. The zero-order valence-electron chi connectivity index (χ0n) is 11.3. The summed E-state index contributed by atoms with van der Waals surface area (Å²) in [6, 6.07) is 9.67. The molecule has 0 spiro atoms. The maximum Gasteiger partial charge on any atom is 0.416 e. The summed E-state index contributed by atoms with van der Waals surface area (Å²) in [5, 5.41) is 0.873. The van der Waals surface area contributed by atoms with Gasteiger partial charge in [0.25, 0.3) is 0 Å². The van der Waals surface area contributed by atoms with Crippen LogP contribution in [0.5, 0.6) is 0 Å². The fourth-order valence-corrected chi connectivity index (χ4v) is 2.69. The number of carbonyl (C=O) groups excluding carboxylic acids is 2. The van der Waals surface area contributed by atoms with Gasteiger partial charge in [-0.3, -0.25) is 4.79 Å². The van der Waals surface area contributed by atoms with E-state index in [1.54, 1.807) is 0 Å². The van der Waals surface area contributed by atoms with Crippen molar-refractivity contribution in [2.45, 2.75) is 31.7 Å². The molecule has 0 saturated carbocycles. The maximum absolute atomic E-state index is 12.1. The highest BCUT2D eigenvalue weighted by Gasteiger charge is 2.37. The van der Waals surface area contributed by atoms with Crippen molar-refractivity contribution in [3.63, 3.8) is 0 Å². The first-order chi connectivity index (χ1) is 9.72. The Morgan fingerprint density at radius 1 is 1.30 bits per heavy atom. The van der Waals surface area contributed by atoms with Gasteiger partial charge in [-0.05, 0) is 24.8 Å². The van der Waals surface area contributed by atoms with Gasteiger partial charge in [0, 0.05) is 11.8 Å². The number of unbranched alkanes of at least 4 members (excludes halogenated alkanes) is 1. The third-order valence-corrected chi connectivity index (χ3v) is 3.88. The minimum Gasteiger partial charge on any atom is -0.447 e. The highest BCUT2D eigenvalue weighted by molar-refractivity contribution is 9.09. The average Bonchev–Trinajstić information content (AvgIpc) is 2.81. The molecule has 1 fully saturated rings. The smallest absolute Gasteiger partial charge is 0.416 e. The topological polar surface area (TPSA) is 46.6 Å². The van der Waals surface area contributed by atoms with Gasteiger partial charge in [-0.15, -0.1) is 0 Å². The molecule has 4 nitrogen and oxygen atoms in total. The molecule has 5 heteroatoms. The zero-order chi connectivity index (χ0) is 14.4. The Morgan fingerprint density at radius 3 is 2.75 bits per heavy atom. The SMILES string of the molecule is O=C(CCCCBr)N1C(=O)OC[C@@H]1Cc1ccccc1. The molecule has 0 unspecified atom stereocenters. The van der Waals surface area contributed by atoms with Crippen LogP contribution in [0.1, 0.15) is 24.8 Å². The van der Waals surface area contributed by atoms with Crippen LogP contribution in [0.3, 0.4) is 0 Å². The van der Waals surface area contributed by atoms with Gasteiger partial charge in [0.15, 0.2) is 0 Å². The number of amides is 2. The molecule has 2 amide bonds. The number of cyclic esters (lactones) is 1. The Labute approximate surface area is 127 Å². The van der Waals surface area contributed by atoms with E-state index < -0.39 is 6.09 Å². The van der Waals surface area contributed by atoms with Crippen LogP contribution in [0.4, 0.5) is 4.79 Å². The van der Waals surface area contributed by atoms with Crippen LogP contribution < -0.4 is 0 Å². The van der Waals surface area contributed by atoms with E-state index in [0.717, 1.165) is 23.7 Å². The molecule has 1 aromatic carbocycles. The normalized spacial score (nSPS) is 18.1. The molecule has 1 aromatic rings. The van der Waals surface area contributed by atoms with Crippen molar-refractivity contribution in [2.24, 2.45) is 0 Å². The van der Waals surface area contributed by atoms with Gasteiger partial charge in [-0.2, -0.15) is 0 Å². The molecule has 0 N–H and O–H groups in total. The number of alkyl halides is 1. The number of carbonyl (C=O) groups is 2. The standard InChI is InChI=1S/C15H18BrNO3/c16-9-5-4-8-14(18)17-13(11-20-15(17)19)10-12-6-2-1-3-7-12/h1-3,6-7,13H,4-5,8-11H2/t13-/m0/s1. The van der Waals surface area contributed by atoms with E-state index in [9.17, 15) is 9.59 Å². The molecule has 20 heavy (non-hydrogen) atoms. The monoisotopic (exact) mass is 339 g/mol. The minimum atomic E-state index is -0.505. The van der Waals surface area contributed by atoms with Crippen LogP contribution in [0, 0.1) is 0 Å². The fraction of sp³-hybridized carbons (Fsp3) is 0.467. The fourth-order valence-electron chi connectivity index (χ4n) is 2.29. The van der Waals surface area contributed by atoms with Gasteiger partial charge in [-0.25, -0.2) is 9.69 Å². The molecule has 1 heterocycles. The molecule has 2 rings (SSSR count). The summed E-state index contributed by atoms with van der Waals surface area (Å²) in [7, 11) is 0. The molecular formula is C15H18BrNO3. The van der Waals surface area contributed by atoms with Crippen molar-refractivity contribution >= 4 is 27.9 Å². The van der Waals surface area contributed by atoms with Crippen molar-refractivity contribution in [3.8, 4) is 0 Å². The van der Waals surface area contributed by atoms with Gasteiger partial charge in [0.1, 0.15) is 6.61 Å². The van der Waals surface area contributed by atoms with E-state index in [2.05, 4.69) is 15.9 Å². The van der Waals surface area contributed by atoms with Crippen molar-refractivity contribution in [2.75, 3.05) is 11.9 Å². The Kier molecular flexibility index (Phi) is 5.59. The molecule has 0 aromatic heterocycles. The summed E-state index contributed by atoms with van der Waals surface area (Å²) in [4.78, 5) is 25.2. The number of hydrogen-bond donors (Lipinski definition) is 0. The molecule has 0 aliphatic carbocycles. The molecule has 108 valence electrons. The second kappa shape index (κ2) is 7.43. The Balaban J connectivity index is 1.97. The van der Waals surface area contributed by atoms with Gasteiger partial charge in [0.05, 0.1) is 6.04 Å². The second-order valence-corrected chi connectivity index (χ2v) is 5.62. The number of benzene rings is 1. The molecule has 0 radical (unpaired) electrons. The van der Waals surface area contributed by atoms with Crippen molar-refractivity contribution in [1.82, 2.24) is 4.90 Å². The largest absolute Gasteiger partial charge is 0.447 e. The van der Waals surface area contributed by atoms with Crippen LogP contribution in [0.15, 0.2) is 30.3 Å². The predicted molar refractivity (Wildman–Crippen MR) is 79.8 cm³/mol. The molecular weight excluding hydrogens is 322 g/mol. The highest BCUT2D eigenvalue weighted by atomic mass is 79.9. The van der Waals surface area contributed by atoms with Crippen LogP contribution >= 0.6 is 15.9 Å². The lowest BCUT2D eigenvalue weighted by Crippen LogP contribution is -2.40. The van der Waals surface area contributed by atoms with Gasteiger partial charge < -0.3 is 4.74 Å². The summed E-state index contributed by atoms with van der Waals surface area (Å²) in [5.74, 6) is -0.130. The van der Waals surface area contributed by atoms with Crippen molar-refractivity contribution in [1.29, 1.82) is 0 Å². The van der Waals surface area contributed by atoms with Crippen LogP contribution in [0.2, 0.25) is 0 Å². The van der Waals surface area contributed by atoms with Gasteiger partial charge in [0.2, 0.25) is 5.91 Å². The van der Waals surface area contributed by atoms with Crippen LogP contribution in [0.25, 0.3) is 0 Å². The highest BCUT2D eigenvalue weighted by Crippen LogP contribution is 2.19. The number of nitrogens with zero attached hydrogens (tertiary/aromatic N) is 1. The number of ether oxygens (including phenoxy) is 1. The molecule has 1 aliphatic rings. The first-order valence-corrected chi connectivity index (χ1v) is 7.93. The lowest BCUT2D eigenvalue weighted by molar-refractivity contribution is -0.129. The van der Waals surface area contributed by atoms with E-state index in [0.29, 0.717) is 12.8 Å². The van der Waals surface area contributed by atoms with E-state index in [4.69, 9.17) is 4.74 Å². The summed E-state index contributed by atoms with van der Waals surface area (Å²) < 4.78 is 5.03. The lowest BCUT2D eigenvalue weighted by atomic mass is 10.1. The number of hydrogen-bond acceptors (Lipinski definition) is 3. The summed E-state index contributed by atoms with van der Waals surface area (Å²) in [5.41, 5.74) is 1.11. The van der Waals surface area contributed by atoms with E-state index in [1.807, 2.05) is 30.3 Å². The van der Waals surface area contributed by atoms with E-state index in [-0.39, 0.29) is 18.6 Å². The van der Waals surface area contributed by atoms with Crippen LogP contribution in [-0.4, -0.2) is 34.9 Å². The Morgan fingerprint density at radius 2 is 2.05 bits per heavy atom. The molecule has 0 bridgehead atoms. The average molecular weight is 340 g/mol. The molecule has 1 saturated heterocycles. The minimum absolute atomic E-state index is 0.130. The Hall–Kier alpha value is -1.36.